The lowest BCUT2D eigenvalue weighted by Gasteiger charge is -2.26. The molecule has 0 radical (unpaired) electrons. The summed E-state index contributed by atoms with van der Waals surface area (Å²) in [5.41, 5.74) is 0. The van der Waals surface area contributed by atoms with Gasteiger partial charge in [-0.1, -0.05) is 147 Å². The number of hydrogen-bond acceptors (Lipinski definition) is 4. The lowest BCUT2D eigenvalue weighted by molar-refractivity contribution is -0.124. The van der Waals surface area contributed by atoms with Gasteiger partial charge < -0.3 is 20.6 Å². The second-order valence-electron chi connectivity index (χ2n) is 13.1. The molecule has 0 aliphatic carbocycles. The van der Waals surface area contributed by atoms with Gasteiger partial charge in [-0.15, -0.1) is 0 Å². The topological polar surface area (TPSA) is 89.8 Å². The van der Waals surface area contributed by atoms with Gasteiger partial charge in [0, 0.05) is 6.42 Å². The molecule has 0 aliphatic rings. The highest BCUT2D eigenvalue weighted by atomic mass is 16.3. The zero-order valence-corrected chi connectivity index (χ0v) is 29.7. The van der Waals surface area contributed by atoms with Crippen LogP contribution in [0.3, 0.4) is 0 Å². The van der Waals surface area contributed by atoms with Crippen LogP contribution < -0.4 is 5.32 Å². The van der Waals surface area contributed by atoms with E-state index in [-0.39, 0.29) is 12.5 Å². The third kappa shape index (κ3) is 31.0. The minimum absolute atomic E-state index is 0.166. The predicted octanol–water partition coefficient (Wildman–Crippen LogP) is 10.4. The minimum Gasteiger partial charge on any atom is -0.394 e. The SMILES string of the molecule is CCCCC/C=C/CCCC(O)C(O)C(CO)NC(=O)CCCCCCCCC/C=C\C/C=C\CCCCCCCCCCC. The predicted molar refractivity (Wildman–Crippen MR) is 194 cm³/mol. The van der Waals surface area contributed by atoms with Crippen LogP contribution in [0.25, 0.3) is 0 Å². The van der Waals surface area contributed by atoms with Crippen molar-refractivity contribution in [2.75, 3.05) is 6.61 Å². The minimum atomic E-state index is -1.16. The highest BCUT2D eigenvalue weighted by Gasteiger charge is 2.26. The molecule has 5 heteroatoms. The van der Waals surface area contributed by atoms with E-state index in [1.807, 2.05) is 0 Å². The Hall–Kier alpha value is -1.43. The fourth-order valence-corrected chi connectivity index (χ4v) is 5.66. The number of unbranched alkanes of at least 4 members (excludes halogenated alkanes) is 20. The molecule has 0 saturated carbocycles. The van der Waals surface area contributed by atoms with Gasteiger partial charge in [-0.2, -0.15) is 0 Å². The molecular weight excluding hydrogens is 558 g/mol. The largest absolute Gasteiger partial charge is 0.394 e. The fraction of sp³-hybridized carbons (Fsp3) is 0.825. The van der Waals surface area contributed by atoms with E-state index in [4.69, 9.17) is 0 Å². The molecule has 0 aromatic carbocycles. The second-order valence-corrected chi connectivity index (χ2v) is 13.1. The molecule has 0 saturated heterocycles. The zero-order valence-electron chi connectivity index (χ0n) is 29.7. The smallest absolute Gasteiger partial charge is 0.220 e. The lowest BCUT2D eigenvalue weighted by atomic mass is 10.0. The van der Waals surface area contributed by atoms with Crippen molar-refractivity contribution in [3.05, 3.63) is 36.5 Å². The Kier molecular flexibility index (Phi) is 34.3. The number of aliphatic hydroxyl groups is 3. The molecule has 3 atom stereocenters. The van der Waals surface area contributed by atoms with E-state index in [1.165, 1.54) is 109 Å². The third-order valence-electron chi connectivity index (χ3n) is 8.72. The number of rotatable bonds is 34. The van der Waals surface area contributed by atoms with E-state index in [9.17, 15) is 20.1 Å². The summed E-state index contributed by atoms with van der Waals surface area (Å²) in [4.78, 5) is 12.3. The summed E-state index contributed by atoms with van der Waals surface area (Å²) in [7, 11) is 0. The number of carbonyl (C=O) groups is 1. The van der Waals surface area contributed by atoms with Crippen molar-refractivity contribution in [2.24, 2.45) is 0 Å². The molecular formula is C40H75NO4. The van der Waals surface area contributed by atoms with E-state index in [1.54, 1.807) is 0 Å². The van der Waals surface area contributed by atoms with Crippen LogP contribution in [-0.2, 0) is 4.79 Å². The first kappa shape index (κ1) is 43.6. The molecule has 4 N–H and O–H groups in total. The molecule has 0 aromatic heterocycles. The molecule has 0 aromatic rings. The Balaban J connectivity index is 3.65. The Labute approximate surface area is 279 Å². The van der Waals surface area contributed by atoms with E-state index in [0.717, 1.165) is 51.4 Å². The summed E-state index contributed by atoms with van der Waals surface area (Å²) in [6.07, 6.45) is 42.6. The van der Waals surface area contributed by atoms with Crippen LogP contribution in [0.4, 0.5) is 0 Å². The average molecular weight is 634 g/mol. The monoisotopic (exact) mass is 634 g/mol. The summed E-state index contributed by atoms with van der Waals surface area (Å²) >= 11 is 0. The van der Waals surface area contributed by atoms with Gasteiger partial charge in [0.25, 0.3) is 0 Å². The van der Waals surface area contributed by atoms with Gasteiger partial charge in [-0.3, -0.25) is 4.79 Å². The molecule has 5 nitrogen and oxygen atoms in total. The van der Waals surface area contributed by atoms with E-state index in [0.29, 0.717) is 12.8 Å². The maximum Gasteiger partial charge on any atom is 0.220 e. The maximum absolute atomic E-state index is 12.3. The number of amides is 1. The van der Waals surface area contributed by atoms with Gasteiger partial charge in [0.2, 0.25) is 5.91 Å². The van der Waals surface area contributed by atoms with Crippen molar-refractivity contribution in [3.63, 3.8) is 0 Å². The fourth-order valence-electron chi connectivity index (χ4n) is 5.66. The van der Waals surface area contributed by atoms with Gasteiger partial charge in [0.1, 0.15) is 6.10 Å². The van der Waals surface area contributed by atoms with Crippen molar-refractivity contribution in [1.29, 1.82) is 0 Å². The molecule has 3 unspecified atom stereocenters. The molecule has 0 heterocycles. The molecule has 1 amide bonds. The number of carbonyl (C=O) groups excluding carboxylic acids is 1. The second kappa shape index (κ2) is 35.4. The molecule has 0 rings (SSSR count). The zero-order chi connectivity index (χ0) is 33.1. The van der Waals surface area contributed by atoms with E-state index in [2.05, 4.69) is 55.6 Å². The quantitative estimate of drug-likeness (QED) is 0.0419. The molecule has 0 spiro atoms. The highest BCUT2D eigenvalue weighted by molar-refractivity contribution is 5.76. The van der Waals surface area contributed by atoms with Crippen LogP contribution in [0.15, 0.2) is 36.5 Å². The van der Waals surface area contributed by atoms with E-state index < -0.39 is 18.2 Å². The van der Waals surface area contributed by atoms with Crippen molar-refractivity contribution in [1.82, 2.24) is 5.32 Å². The number of aliphatic hydroxyl groups excluding tert-OH is 3. The van der Waals surface area contributed by atoms with Crippen LogP contribution >= 0.6 is 0 Å². The average Bonchev–Trinajstić information content (AvgIpc) is 3.04. The van der Waals surface area contributed by atoms with Crippen molar-refractivity contribution in [2.45, 2.75) is 205 Å². The standard InChI is InChI=1S/C40H75NO4/c1-3-5-7-9-11-13-14-15-16-17-18-19-20-21-22-23-24-25-26-27-29-31-33-35-39(44)41-37(36-42)40(45)38(43)34-32-30-28-12-10-8-6-4-2/h12,18-19,21-22,28,37-38,40,42-43,45H,3-11,13-17,20,23-27,29-36H2,1-2H3,(H,41,44)/b19-18-,22-21-,28-12+. The summed E-state index contributed by atoms with van der Waals surface area (Å²) in [6, 6.07) is -0.827. The van der Waals surface area contributed by atoms with Gasteiger partial charge >= 0.3 is 0 Å². The first-order valence-electron chi connectivity index (χ1n) is 19.3. The third-order valence-corrected chi connectivity index (χ3v) is 8.72. The molecule has 0 fully saturated rings. The lowest BCUT2D eigenvalue weighted by Crippen LogP contribution is -2.50. The number of hydrogen-bond donors (Lipinski definition) is 4. The molecule has 0 bridgehead atoms. The summed E-state index contributed by atoms with van der Waals surface area (Å²) in [5.74, 6) is -0.166. The first-order chi connectivity index (χ1) is 22.1. The number of allylic oxidation sites excluding steroid dienone is 6. The maximum atomic E-state index is 12.3. The van der Waals surface area contributed by atoms with Crippen molar-refractivity contribution < 1.29 is 20.1 Å². The van der Waals surface area contributed by atoms with Gasteiger partial charge in [0.05, 0.1) is 18.8 Å². The van der Waals surface area contributed by atoms with Crippen LogP contribution in [0, 0.1) is 0 Å². The Bertz CT molecular complexity index is 704. The number of nitrogens with one attached hydrogen (secondary N) is 1. The van der Waals surface area contributed by atoms with Crippen LogP contribution in [0.1, 0.15) is 187 Å². The Morgan fingerprint density at radius 2 is 0.956 bits per heavy atom. The van der Waals surface area contributed by atoms with Crippen molar-refractivity contribution >= 4 is 5.91 Å². The van der Waals surface area contributed by atoms with Crippen molar-refractivity contribution in [3.8, 4) is 0 Å². The first-order valence-corrected chi connectivity index (χ1v) is 19.3. The normalized spacial score (nSPS) is 14.2. The van der Waals surface area contributed by atoms with Crippen LogP contribution in [0.5, 0.6) is 0 Å². The Morgan fingerprint density at radius 1 is 0.556 bits per heavy atom. The van der Waals surface area contributed by atoms with Gasteiger partial charge in [-0.05, 0) is 70.6 Å². The van der Waals surface area contributed by atoms with Crippen LogP contribution in [0.2, 0.25) is 0 Å². The molecule has 264 valence electrons. The molecule has 45 heavy (non-hydrogen) atoms. The van der Waals surface area contributed by atoms with E-state index >= 15 is 0 Å². The summed E-state index contributed by atoms with van der Waals surface area (Å²) in [6.45, 7) is 4.09. The molecule has 0 aliphatic heterocycles. The highest BCUT2D eigenvalue weighted by Crippen LogP contribution is 2.13. The van der Waals surface area contributed by atoms with Gasteiger partial charge in [0.15, 0.2) is 0 Å². The van der Waals surface area contributed by atoms with Crippen LogP contribution in [-0.4, -0.2) is 46.1 Å². The van der Waals surface area contributed by atoms with Gasteiger partial charge in [-0.25, -0.2) is 0 Å². The summed E-state index contributed by atoms with van der Waals surface area (Å²) in [5, 5.41) is 33.1. The Morgan fingerprint density at radius 3 is 1.47 bits per heavy atom. The summed E-state index contributed by atoms with van der Waals surface area (Å²) < 4.78 is 0.